The van der Waals surface area contributed by atoms with Crippen molar-refractivity contribution < 1.29 is 5.11 Å². The lowest BCUT2D eigenvalue weighted by atomic mass is 10.2. The van der Waals surface area contributed by atoms with E-state index in [1.165, 1.54) is 23.5 Å². The summed E-state index contributed by atoms with van der Waals surface area (Å²) in [7, 11) is 0. The van der Waals surface area contributed by atoms with Gasteiger partial charge in [0.25, 0.3) is 0 Å². The molecule has 1 saturated heterocycles. The minimum atomic E-state index is 0.333. The van der Waals surface area contributed by atoms with E-state index in [-0.39, 0.29) is 0 Å². The fourth-order valence-electron chi connectivity index (χ4n) is 2.83. The third kappa shape index (κ3) is 5.20. The lowest BCUT2D eigenvalue weighted by molar-refractivity contribution is 0.242. The Kier molecular flexibility index (Phi) is 7.41. The topological polar surface area (TPSA) is 26.7 Å². The van der Waals surface area contributed by atoms with Crippen molar-refractivity contribution in [2.24, 2.45) is 0 Å². The number of para-hydroxylation sites is 1. The van der Waals surface area contributed by atoms with E-state index in [0.29, 0.717) is 6.61 Å². The second-order valence-corrected chi connectivity index (χ2v) is 6.82. The maximum Gasteiger partial charge on any atom is 0.0505 e. The molecule has 118 valence electrons. The van der Waals surface area contributed by atoms with Gasteiger partial charge >= 0.3 is 0 Å². The molecule has 1 aliphatic heterocycles. The van der Waals surface area contributed by atoms with Crippen LogP contribution in [-0.2, 0) is 0 Å². The highest BCUT2D eigenvalue weighted by Crippen LogP contribution is 2.30. The van der Waals surface area contributed by atoms with Crippen LogP contribution in [0.3, 0.4) is 0 Å². The number of piperazine rings is 1. The Bertz CT molecular complexity index is 406. The molecule has 2 rings (SSSR count). The molecule has 1 fully saturated rings. The average molecular weight is 308 g/mol. The molecular weight excluding hydrogens is 280 g/mol. The molecule has 4 heteroatoms. The monoisotopic (exact) mass is 308 g/mol. The summed E-state index contributed by atoms with van der Waals surface area (Å²) in [5.74, 6) is 1.13. The molecule has 1 heterocycles. The normalized spacial score (nSPS) is 16.4. The summed E-state index contributed by atoms with van der Waals surface area (Å²) in [6.07, 6.45) is 3.30. The molecule has 1 aromatic carbocycles. The fraction of sp³-hybridized carbons (Fsp3) is 0.647. The molecule has 0 radical (unpaired) electrons. The van der Waals surface area contributed by atoms with Crippen molar-refractivity contribution >= 4 is 17.4 Å². The van der Waals surface area contributed by atoms with Gasteiger partial charge in [0.05, 0.1) is 5.69 Å². The van der Waals surface area contributed by atoms with Crippen molar-refractivity contribution in [3.05, 3.63) is 24.3 Å². The van der Waals surface area contributed by atoms with Crippen molar-refractivity contribution in [1.29, 1.82) is 0 Å². The third-order valence-corrected chi connectivity index (χ3v) is 4.96. The molecule has 1 aliphatic rings. The molecule has 3 nitrogen and oxygen atoms in total. The van der Waals surface area contributed by atoms with Gasteiger partial charge < -0.3 is 10.0 Å². The van der Waals surface area contributed by atoms with E-state index < -0.39 is 0 Å². The number of hydrogen-bond acceptors (Lipinski definition) is 4. The van der Waals surface area contributed by atoms with Gasteiger partial charge in [-0.1, -0.05) is 19.1 Å². The van der Waals surface area contributed by atoms with E-state index in [0.717, 1.165) is 44.8 Å². The third-order valence-electron chi connectivity index (χ3n) is 4.01. The number of anilines is 1. The zero-order chi connectivity index (χ0) is 14.9. The molecule has 0 aliphatic carbocycles. The molecule has 0 bridgehead atoms. The van der Waals surface area contributed by atoms with E-state index in [1.54, 1.807) is 0 Å². The van der Waals surface area contributed by atoms with Crippen LogP contribution in [0, 0.1) is 0 Å². The summed E-state index contributed by atoms with van der Waals surface area (Å²) in [6, 6.07) is 8.79. The SMILES string of the molecule is CCSc1ccccc1N1CCN(CCCCCO)CC1. The van der Waals surface area contributed by atoms with E-state index in [9.17, 15) is 0 Å². The Morgan fingerprint density at radius 2 is 1.81 bits per heavy atom. The van der Waals surface area contributed by atoms with Crippen molar-refractivity contribution in [1.82, 2.24) is 4.90 Å². The fourth-order valence-corrected chi connectivity index (χ4v) is 3.66. The maximum absolute atomic E-state index is 8.81. The van der Waals surface area contributed by atoms with Gasteiger partial charge in [-0.2, -0.15) is 0 Å². The Morgan fingerprint density at radius 3 is 2.52 bits per heavy atom. The summed E-state index contributed by atoms with van der Waals surface area (Å²) in [5.41, 5.74) is 1.41. The van der Waals surface area contributed by atoms with Gasteiger partial charge in [-0.25, -0.2) is 0 Å². The number of aliphatic hydroxyl groups is 1. The van der Waals surface area contributed by atoms with E-state index in [2.05, 4.69) is 41.0 Å². The average Bonchev–Trinajstić information content (AvgIpc) is 2.53. The molecule has 21 heavy (non-hydrogen) atoms. The summed E-state index contributed by atoms with van der Waals surface area (Å²) in [6.45, 7) is 8.29. The number of rotatable bonds is 8. The molecule has 1 N–H and O–H groups in total. The van der Waals surface area contributed by atoms with E-state index in [1.807, 2.05) is 11.8 Å². The zero-order valence-electron chi connectivity index (χ0n) is 13.1. The highest BCUT2D eigenvalue weighted by molar-refractivity contribution is 7.99. The Hall–Kier alpha value is -0.710. The van der Waals surface area contributed by atoms with Crippen LogP contribution >= 0.6 is 11.8 Å². The number of hydrogen-bond donors (Lipinski definition) is 1. The first-order chi connectivity index (χ1) is 10.3. The number of nitrogens with zero attached hydrogens (tertiary/aromatic N) is 2. The van der Waals surface area contributed by atoms with E-state index in [4.69, 9.17) is 5.11 Å². The minimum absolute atomic E-state index is 0.333. The van der Waals surface area contributed by atoms with Crippen LogP contribution in [0.2, 0.25) is 0 Å². The summed E-state index contributed by atoms with van der Waals surface area (Å²) in [4.78, 5) is 6.50. The van der Waals surface area contributed by atoms with Gasteiger partial charge in [0.1, 0.15) is 0 Å². The Labute approximate surface area is 133 Å². The molecule has 1 aromatic rings. The van der Waals surface area contributed by atoms with Gasteiger partial charge in [-0.3, -0.25) is 4.90 Å². The molecule has 0 amide bonds. The predicted molar refractivity (Wildman–Crippen MR) is 92.4 cm³/mol. The van der Waals surface area contributed by atoms with Gasteiger partial charge in [0.15, 0.2) is 0 Å². The van der Waals surface area contributed by atoms with Crippen molar-refractivity contribution in [3.63, 3.8) is 0 Å². The lowest BCUT2D eigenvalue weighted by Gasteiger charge is -2.37. The van der Waals surface area contributed by atoms with Crippen LogP contribution in [0.5, 0.6) is 0 Å². The second kappa shape index (κ2) is 9.34. The predicted octanol–water partition coefficient (Wildman–Crippen LogP) is 3.08. The Morgan fingerprint density at radius 1 is 1.05 bits per heavy atom. The minimum Gasteiger partial charge on any atom is -0.396 e. The van der Waals surface area contributed by atoms with E-state index >= 15 is 0 Å². The smallest absolute Gasteiger partial charge is 0.0505 e. The molecule has 0 saturated carbocycles. The number of thioether (sulfide) groups is 1. The second-order valence-electron chi connectivity index (χ2n) is 5.51. The molecular formula is C17H28N2OS. The number of benzene rings is 1. The largest absolute Gasteiger partial charge is 0.396 e. The molecule has 0 atom stereocenters. The first kappa shape index (κ1) is 16.7. The quantitative estimate of drug-likeness (QED) is 0.590. The first-order valence-electron chi connectivity index (χ1n) is 8.15. The van der Waals surface area contributed by atoms with Gasteiger partial charge in [0.2, 0.25) is 0 Å². The van der Waals surface area contributed by atoms with Crippen molar-refractivity contribution in [2.45, 2.75) is 31.1 Å². The van der Waals surface area contributed by atoms with Crippen molar-refractivity contribution in [3.8, 4) is 0 Å². The lowest BCUT2D eigenvalue weighted by Crippen LogP contribution is -2.46. The van der Waals surface area contributed by atoms with Crippen LogP contribution in [0.15, 0.2) is 29.2 Å². The van der Waals surface area contributed by atoms with Crippen LogP contribution < -0.4 is 4.90 Å². The molecule has 0 spiro atoms. The van der Waals surface area contributed by atoms with Crippen molar-refractivity contribution in [2.75, 3.05) is 50.0 Å². The number of unbranched alkanes of at least 4 members (excludes halogenated alkanes) is 2. The van der Waals surface area contributed by atoms with Gasteiger partial charge in [-0.15, -0.1) is 11.8 Å². The van der Waals surface area contributed by atoms with Gasteiger partial charge in [0, 0.05) is 37.7 Å². The van der Waals surface area contributed by atoms with Crippen LogP contribution in [0.1, 0.15) is 26.2 Å². The number of aliphatic hydroxyl groups excluding tert-OH is 1. The first-order valence-corrected chi connectivity index (χ1v) is 9.13. The van der Waals surface area contributed by atoms with Crippen LogP contribution in [0.4, 0.5) is 5.69 Å². The van der Waals surface area contributed by atoms with Crippen LogP contribution in [-0.4, -0.2) is 55.1 Å². The summed E-state index contributed by atoms with van der Waals surface area (Å²) >= 11 is 1.94. The summed E-state index contributed by atoms with van der Waals surface area (Å²) in [5, 5.41) is 8.81. The Balaban J connectivity index is 1.81. The molecule has 0 unspecified atom stereocenters. The maximum atomic E-state index is 8.81. The van der Waals surface area contributed by atoms with Gasteiger partial charge in [-0.05, 0) is 43.7 Å². The molecule has 0 aromatic heterocycles. The van der Waals surface area contributed by atoms with Crippen LogP contribution in [0.25, 0.3) is 0 Å². The zero-order valence-corrected chi connectivity index (χ0v) is 13.9. The summed E-state index contributed by atoms with van der Waals surface area (Å²) < 4.78 is 0. The highest BCUT2D eigenvalue weighted by Gasteiger charge is 2.18. The highest BCUT2D eigenvalue weighted by atomic mass is 32.2. The standard InChI is InChI=1S/C17H28N2OS/c1-2-21-17-9-5-4-8-16(17)19-13-11-18(12-14-19)10-6-3-7-15-20/h4-5,8-9,20H,2-3,6-7,10-15H2,1H3.